The van der Waals surface area contributed by atoms with Gasteiger partial charge in [-0.1, -0.05) is 112 Å². The van der Waals surface area contributed by atoms with Gasteiger partial charge in [0.25, 0.3) is 17.7 Å². The molecule has 3 aliphatic carbocycles. The van der Waals surface area contributed by atoms with E-state index < -0.39 is 27.8 Å². The first-order valence-electron chi connectivity index (χ1n) is 40.7. The van der Waals surface area contributed by atoms with Crippen LogP contribution in [0.15, 0.2) is 123 Å². The highest BCUT2D eigenvalue weighted by molar-refractivity contribution is 6.74. The summed E-state index contributed by atoms with van der Waals surface area (Å²) in [5.41, 5.74) is 11.3. The summed E-state index contributed by atoms with van der Waals surface area (Å²) in [6.07, 6.45) is 4.07. The fourth-order valence-electron chi connectivity index (χ4n) is 13.9. The second-order valence-electron chi connectivity index (χ2n) is 35.8. The number of nitrogens with zero attached hydrogens (tertiary/aromatic N) is 11. The molecule has 0 fully saturated rings. The zero-order valence-electron chi connectivity index (χ0n) is 72.6. The fourth-order valence-corrected chi connectivity index (χ4v) is 16.0. The van der Waals surface area contributed by atoms with E-state index in [1.165, 1.54) is 11.1 Å². The number of fused-ring (bicyclic) bond motifs is 3. The van der Waals surface area contributed by atoms with Crippen LogP contribution in [0, 0.1) is 34.0 Å². The number of carbonyl (C=O) groups excluding carboxylic acids is 2. The lowest BCUT2D eigenvalue weighted by Crippen LogP contribution is -2.45. The van der Waals surface area contributed by atoms with Crippen LogP contribution in [-0.2, 0) is 37.6 Å². The van der Waals surface area contributed by atoms with Gasteiger partial charge in [-0.3, -0.25) is 9.80 Å². The van der Waals surface area contributed by atoms with Gasteiger partial charge in [0.1, 0.15) is 46.7 Å². The number of aromatic nitrogens is 6. The molecule has 3 heterocycles. The summed E-state index contributed by atoms with van der Waals surface area (Å²) in [5, 5.41) is 54.2. The Morgan fingerprint density at radius 3 is 1.12 bits per heavy atom. The van der Waals surface area contributed by atoms with Crippen LogP contribution in [0.25, 0.3) is 68.5 Å². The third kappa shape index (κ3) is 22.0. The third-order valence-corrected chi connectivity index (χ3v) is 30.7. The van der Waals surface area contributed by atoms with E-state index in [1.54, 1.807) is 36.4 Å². The Labute approximate surface area is 696 Å². The van der Waals surface area contributed by atoms with Gasteiger partial charge in [0.2, 0.25) is 17.5 Å². The number of nitriles is 3. The van der Waals surface area contributed by atoms with Gasteiger partial charge in [0.05, 0.1) is 66.9 Å². The summed E-state index contributed by atoms with van der Waals surface area (Å²) in [6, 6.07) is 40.4. The van der Waals surface area contributed by atoms with E-state index in [1.807, 2.05) is 147 Å². The molecule has 3 aliphatic rings. The van der Waals surface area contributed by atoms with Gasteiger partial charge < -0.3 is 56.5 Å². The highest BCUT2D eigenvalue weighted by Gasteiger charge is 2.42. The number of benzene rings is 6. The van der Waals surface area contributed by atoms with Crippen molar-refractivity contribution in [2.45, 2.75) is 247 Å². The highest BCUT2D eigenvalue weighted by Crippen LogP contribution is 2.46. The minimum absolute atomic E-state index is 0.0196. The molecule has 118 heavy (non-hydrogen) atoms. The van der Waals surface area contributed by atoms with E-state index in [0.717, 1.165) is 77.5 Å². The molecular formula is C91H116N12O13Si2. The molecule has 626 valence electrons. The number of ether oxygens (including phenoxy) is 5. The van der Waals surface area contributed by atoms with Crippen molar-refractivity contribution in [3.05, 3.63) is 159 Å². The molecule has 3 aromatic heterocycles. The molecular weight excluding hydrogens is 1530 g/mol. The zero-order chi connectivity index (χ0) is 86.0. The number of nitrogens with one attached hydrogen (secondary N) is 1. The number of hydrogen-bond acceptors (Lipinski definition) is 23. The Hall–Kier alpha value is -10.6. The van der Waals surface area contributed by atoms with Crippen LogP contribution in [0.3, 0.4) is 0 Å². The topological polar surface area (TPSA) is 326 Å². The molecule has 25 nitrogen and oxygen atoms in total. The van der Waals surface area contributed by atoms with Crippen molar-refractivity contribution in [3.8, 4) is 104 Å². The van der Waals surface area contributed by atoms with Crippen LogP contribution in [-0.4, -0.2) is 143 Å². The van der Waals surface area contributed by atoms with Gasteiger partial charge in [0, 0.05) is 59.1 Å². The Kier molecular flexibility index (Phi) is 28.6. The van der Waals surface area contributed by atoms with Crippen molar-refractivity contribution in [3.63, 3.8) is 0 Å². The third-order valence-electron chi connectivity index (χ3n) is 21.6. The zero-order valence-corrected chi connectivity index (χ0v) is 74.6. The summed E-state index contributed by atoms with van der Waals surface area (Å²) >= 11 is 0. The maximum Gasteiger partial charge on any atom is 0.410 e. The maximum atomic E-state index is 13.5. The summed E-state index contributed by atoms with van der Waals surface area (Å²) in [6.45, 7) is 47.4. The van der Waals surface area contributed by atoms with Crippen LogP contribution in [0.1, 0.15) is 212 Å². The second-order valence-corrected chi connectivity index (χ2v) is 45.4. The van der Waals surface area contributed by atoms with Crippen molar-refractivity contribution < 1.29 is 60.8 Å². The van der Waals surface area contributed by atoms with Gasteiger partial charge in [-0.15, -0.1) is 0 Å². The summed E-state index contributed by atoms with van der Waals surface area (Å²) < 4.78 is 58.7. The molecule has 6 aromatic carbocycles. The highest BCUT2D eigenvalue weighted by atomic mass is 28.4. The van der Waals surface area contributed by atoms with Gasteiger partial charge in [-0.05, 0) is 246 Å². The van der Waals surface area contributed by atoms with E-state index >= 15 is 0 Å². The number of amides is 2. The van der Waals surface area contributed by atoms with Crippen LogP contribution < -0.4 is 19.5 Å². The molecule has 2 N–H and O–H groups in total. The molecule has 0 saturated carbocycles. The van der Waals surface area contributed by atoms with Crippen molar-refractivity contribution in [2.75, 3.05) is 39.5 Å². The monoisotopic (exact) mass is 1640 g/mol. The van der Waals surface area contributed by atoms with Crippen LogP contribution in [0.2, 0.25) is 36.3 Å². The number of hydrogen-bond donors (Lipinski definition) is 2. The molecule has 3 atom stereocenters. The molecule has 0 spiro atoms. The molecule has 12 rings (SSSR count). The van der Waals surface area contributed by atoms with Gasteiger partial charge >= 0.3 is 12.2 Å². The minimum Gasteiger partial charge on any atom is -0.490 e. The standard InChI is InChI=1S/2C34H46N4O5Si.C23H24N4O3/c2*1-22(2)41-29-17-14-23(20-24(29)21-35)31-36-30(37-43-31)27-13-11-12-26-25(27)15-16-28(26)38(32(39)42-33(3,4)5)18-19-40-44(9,10)34(6,7)8;1-14(2)29-21-9-6-15(12-16(21)13-24)23-26-22(27-30-23)19-5-3-4-18-17(19)7-8-20(18)25-10-11-28/h2*11-14,17,20,22,28H,15-16,18-19H2,1-10H3;3-6,9,12,14,20,25,28H,7-8,10-11H2,1-2H3/t2*28-;20-/m000/s1. The molecule has 0 unspecified atom stereocenters. The minimum atomic E-state index is -1.99. The lowest BCUT2D eigenvalue weighted by Gasteiger charge is -2.38. The van der Waals surface area contributed by atoms with Crippen molar-refractivity contribution >= 4 is 28.8 Å². The van der Waals surface area contributed by atoms with E-state index in [0.29, 0.717) is 119 Å². The first-order valence-corrected chi connectivity index (χ1v) is 46.6. The Morgan fingerprint density at radius 2 is 0.814 bits per heavy atom. The molecule has 0 bridgehead atoms. The fraction of sp³-hybridized carbons (Fsp3) is 0.484. The number of rotatable bonds is 25. The first-order chi connectivity index (χ1) is 55.6. The first kappa shape index (κ1) is 89.8. The van der Waals surface area contributed by atoms with Gasteiger partial charge in [-0.25, -0.2) is 9.59 Å². The lowest BCUT2D eigenvalue weighted by atomic mass is 10.0. The lowest BCUT2D eigenvalue weighted by molar-refractivity contribution is 0.0116. The predicted molar refractivity (Wildman–Crippen MR) is 457 cm³/mol. The Bertz CT molecular complexity index is 4910. The molecule has 0 radical (unpaired) electrons. The maximum absolute atomic E-state index is 13.5. The van der Waals surface area contributed by atoms with E-state index in [9.17, 15) is 25.4 Å². The molecule has 0 aliphatic heterocycles. The summed E-state index contributed by atoms with van der Waals surface area (Å²) in [5.74, 6) is 4.03. The van der Waals surface area contributed by atoms with E-state index in [-0.39, 0.29) is 65.3 Å². The van der Waals surface area contributed by atoms with Crippen molar-refractivity contribution in [1.29, 1.82) is 15.8 Å². The van der Waals surface area contributed by atoms with E-state index in [2.05, 4.69) is 130 Å². The summed E-state index contributed by atoms with van der Waals surface area (Å²) in [7, 11) is -3.98. The molecule has 9 aromatic rings. The molecule has 2 amide bonds. The smallest absolute Gasteiger partial charge is 0.410 e. The van der Waals surface area contributed by atoms with Gasteiger partial charge in [0.15, 0.2) is 16.6 Å². The van der Waals surface area contributed by atoms with Crippen molar-refractivity contribution in [2.24, 2.45) is 0 Å². The molecule has 0 saturated heterocycles. The normalized spacial score (nSPS) is 15.2. The predicted octanol–water partition coefficient (Wildman–Crippen LogP) is 20.2. The summed E-state index contributed by atoms with van der Waals surface area (Å²) in [4.78, 5) is 44.7. The quantitative estimate of drug-likeness (QED) is 0.0502. The van der Waals surface area contributed by atoms with E-state index in [4.69, 9.17) is 61.2 Å². The second kappa shape index (κ2) is 37.6. The van der Waals surface area contributed by atoms with Crippen molar-refractivity contribution in [1.82, 2.24) is 45.5 Å². The SMILES string of the molecule is CC(C)Oc1ccc(-c2nc(-c3cccc4c3CC[C@@H]4N(CCO[Si](C)(C)C(C)(C)C)C(=O)OC(C)(C)C)no2)cc1C#N.CC(C)Oc1ccc(-c2nc(-c3cccc4c3CC[C@@H]4N(CCO[Si](C)(C)C(C)(C)C)C(=O)OC(C)(C)C)no2)cc1C#N.CC(C)Oc1ccc(-c2nc(-c3cccc4c3CC[C@@H]4NCCO)no2)cc1C#N. The Morgan fingerprint density at radius 1 is 0.492 bits per heavy atom. The molecule has 27 heteroatoms. The van der Waals surface area contributed by atoms with Crippen LogP contribution >= 0.6 is 0 Å². The number of aliphatic hydroxyl groups is 1. The number of aliphatic hydroxyl groups excluding tert-OH is 1. The van der Waals surface area contributed by atoms with Gasteiger partial charge in [-0.2, -0.15) is 30.7 Å². The Balaban J connectivity index is 0.000000190. The van der Waals surface area contributed by atoms with Crippen LogP contribution in [0.5, 0.6) is 17.2 Å². The largest absolute Gasteiger partial charge is 0.490 e. The number of carbonyl (C=O) groups is 2. The average Bonchev–Trinajstić information content (AvgIpc) is 1.62. The average molecular weight is 1640 g/mol. The van der Waals surface area contributed by atoms with Crippen LogP contribution in [0.4, 0.5) is 9.59 Å².